The monoisotopic (exact) mass is 478 g/mol. The predicted molar refractivity (Wildman–Crippen MR) is 109 cm³/mol. The van der Waals surface area contributed by atoms with Gasteiger partial charge in [0.25, 0.3) is 5.91 Å². The topological polar surface area (TPSA) is 89.9 Å². The lowest BCUT2D eigenvalue weighted by Gasteiger charge is -2.17. The number of benzene rings is 2. The Morgan fingerprint density at radius 1 is 1.13 bits per heavy atom. The molecule has 0 aliphatic carbocycles. The Morgan fingerprint density at radius 3 is 2.35 bits per heavy atom. The van der Waals surface area contributed by atoms with E-state index in [0.717, 1.165) is 25.1 Å². The van der Waals surface area contributed by atoms with Gasteiger partial charge in [0.05, 0.1) is 10.0 Å². The van der Waals surface area contributed by atoms with Gasteiger partial charge in [0.2, 0.25) is 0 Å². The number of likely N-dealkylation sites (tertiary alicyclic amines) is 1. The Morgan fingerprint density at radius 2 is 1.77 bits per heavy atom. The second kappa shape index (κ2) is 10.7. The number of halogens is 5. The molecule has 1 aliphatic heterocycles. The Kier molecular flexibility index (Phi) is 8.55. The van der Waals surface area contributed by atoms with Gasteiger partial charge in [-0.15, -0.1) is 0 Å². The zero-order valence-electron chi connectivity index (χ0n) is 16.0. The van der Waals surface area contributed by atoms with Crippen LogP contribution in [-0.2, 0) is 11.3 Å². The molecule has 0 spiro atoms. The Hall–Kier alpha value is -2.49. The molecule has 3 N–H and O–H groups in total. The number of hydrogen-bond acceptors (Lipinski definition) is 4. The number of alkyl halides is 3. The molecule has 1 saturated heterocycles. The molecule has 0 bridgehead atoms. The molecule has 1 aliphatic rings. The van der Waals surface area contributed by atoms with E-state index in [-0.39, 0.29) is 11.9 Å². The molecule has 31 heavy (non-hydrogen) atoms. The molecule has 1 heterocycles. The normalized spacial score (nSPS) is 16.4. The number of phenolic OH excluding ortho intramolecular Hbond substituents is 1. The molecule has 11 heteroatoms. The Balaban J connectivity index is 0.000000423. The number of carbonyl (C=O) groups excluding carboxylic acids is 1. The number of carbonyl (C=O) groups is 2. The van der Waals surface area contributed by atoms with Gasteiger partial charge < -0.3 is 15.5 Å². The molecule has 0 aromatic heterocycles. The lowest BCUT2D eigenvalue weighted by atomic mass is 10.2. The summed E-state index contributed by atoms with van der Waals surface area (Å²) in [6, 6.07) is 12.3. The highest BCUT2D eigenvalue weighted by atomic mass is 35.5. The van der Waals surface area contributed by atoms with Gasteiger partial charge in [0.1, 0.15) is 5.75 Å². The average Bonchev–Trinajstić information content (AvgIpc) is 3.12. The van der Waals surface area contributed by atoms with Crippen LogP contribution in [-0.4, -0.2) is 52.3 Å². The molecule has 1 amide bonds. The number of amides is 1. The van der Waals surface area contributed by atoms with Crippen molar-refractivity contribution in [3.63, 3.8) is 0 Å². The minimum atomic E-state index is -5.08. The Bertz CT molecular complexity index is 941. The summed E-state index contributed by atoms with van der Waals surface area (Å²) in [5.74, 6) is -2.60. The molecule has 1 unspecified atom stereocenters. The molecule has 0 saturated carbocycles. The van der Waals surface area contributed by atoms with Crippen LogP contribution >= 0.6 is 23.2 Å². The van der Waals surface area contributed by atoms with Crippen molar-refractivity contribution >= 4 is 35.1 Å². The van der Waals surface area contributed by atoms with Crippen molar-refractivity contribution in [2.45, 2.75) is 25.2 Å². The molecule has 3 rings (SSSR count). The van der Waals surface area contributed by atoms with Gasteiger partial charge in [-0.05, 0) is 30.7 Å². The van der Waals surface area contributed by atoms with Crippen LogP contribution in [0.3, 0.4) is 0 Å². The van der Waals surface area contributed by atoms with Crippen molar-refractivity contribution in [3.8, 4) is 5.75 Å². The number of aliphatic carboxylic acids is 1. The first kappa shape index (κ1) is 24.8. The van der Waals surface area contributed by atoms with Crippen LogP contribution in [0, 0.1) is 0 Å². The zero-order valence-corrected chi connectivity index (χ0v) is 17.5. The van der Waals surface area contributed by atoms with E-state index in [4.69, 9.17) is 33.1 Å². The first-order chi connectivity index (χ1) is 14.5. The third kappa shape index (κ3) is 7.61. The third-order valence-electron chi connectivity index (χ3n) is 4.42. The quantitative estimate of drug-likeness (QED) is 0.608. The fourth-order valence-corrected chi connectivity index (χ4v) is 3.18. The van der Waals surface area contributed by atoms with Crippen LogP contribution in [0.5, 0.6) is 5.75 Å². The van der Waals surface area contributed by atoms with E-state index in [0.29, 0.717) is 27.9 Å². The highest BCUT2D eigenvalue weighted by molar-refractivity contribution is 6.42. The maximum atomic E-state index is 12.3. The molecule has 1 fully saturated rings. The van der Waals surface area contributed by atoms with Gasteiger partial charge in [-0.2, -0.15) is 13.2 Å². The first-order valence-corrected chi connectivity index (χ1v) is 9.78. The summed E-state index contributed by atoms with van der Waals surface area (Å²) in [7, 11) is 0. The second-order valence-electron chi connectivity index (χ2n) is 6.75. The van der Waals surface area contributed by atoms with E-state index in [1.807, 2.05) is 18.2 Å². The fraction of sp³-hybridized carbons (Fsp3) is 0.300. The smallest absolute Gasteiger partial charge is 0.490 e. The van der Waals surface area contributed by atoms with Crippen LogP contribution in [0.2, 0.25) is 10.0 Å². The van der Waals surface area contributed by atoms with E-state index in [1.165, 1.54) is 0 Å². The van der Waals surface area contributed by atoms with Gasteiger partial charge in [0, 0.05) is 36.8 Å². The van der Waals surface area contributed by atoms with Crippen molar-refractivity contribution in [3.05, 3.63) is 63.6 Å². The average molecular weight is 479 g/mol. The first-order valence-electron chi connectivity index (χ1n) is 9.02. The second-order valence-corrected chi connectivity index (χ2v) is 7.57. The molecule has 1 atom stereocenters. The highest BCUT2D eigenvalue weighted by Gasteiger charge is 2.38. The number of hydrogen-bond donors (Lipinski definition) is 3. The van der Waals surface area contributed by atoms with Crippen molar-refractivity contribution in [1.29, 1.82) is 0 Å². The third-order valence-corrected chi connectivity index (χ3v) is 5.16. The van der Waals surface area contributed by atoms with Gasteiger partial charge in [-0.25, -0.2) is 4.79 Å². The zero-order chi connectivity index (χ0) is 23.2. The van der Waals surface area contributed by atoms with Crippen molar-refractivity contribution in [1.82, 2.24) is 10.2 Å². The summed E-state index contributed by atoms with van der Waals surface area (Å²) < 4.78 is 31.7. The fourth-order valence-electron chi connectivity index (χ4n) is 2.89. The van der Waals surface area contributed by atoms with Gasteiger partial charge in [0.15, 0.2) is 0 Å². The number of rotatable bonds is 4. The summed E-state index contributed by atoms with van der Waals surface area (Å²) in [5.41, 5.74) is 1.40. The highest BCUT2D eigenvalue weighted by Crippen LogP contribution is 2.23. The number of nitrogens with zero attached hydrogens (tertiary/aromatic N) is 1. The predicted octanol–water partition coefficient (Wildman–Crippen LogP) is 4.34. The molecular weight excluding hydrogens is 460 g/mol. The minimum absolute atomic E-state index is 0.0813. The number of carboxylic acid groups (broad SMARTS) is 1. The van der Waals surface area contributed by atoms with E-state index in [2.05, 4.69) is 10.2 Å². The van der Waals surface area contributed by atoms with Gasteiger partial charge in [-0.1, -0.05) is 41.4 Å². The number of carboxylic acids is 1. The molecule has 2 aromatic rings. The molecule has 6 nitrogen and oxygen atoms in total. The van der Waals surface area contributed by atoms with Crippen LogP contribution in [0.1, 0.15) is 22.3 Å². The molecule has 0 radical (unpaired) electrons. The minimum Gasteiger partial charge on any atom is -0.508 e. The number of para-hydroxylation sites is 1. The van der Waals surface area contributed by atoms with Crippen LogP contribution in [0.4, 0.5) is 13.2 Å². The molecular formula is C20H19Cl2F3N2O4. The Labute approximate surface area is 186 Å². The summed E-state index contributed by atoms with van der Waals surface area (Å²) in [4.78, 5) is 23.4. The maximum absolute atomic E-state index is 12.3. The van der Waals surface area contributed by atoms with Crippen LogP contribution < -0.4 is 5.32 Å². The number of phenols is 1. The number of nitrogens with one attached hydrogen (secondary N) is 1. The van der Waals surface area contributed by atoms with E-state index >= 15 is 0 Å². The van der Waals surface area contributed by atoms with Crippen LogP contribution in [0.15, 0.2) is 42.5 Å². The van der Waals surface area contributed by atoms with Crippen LogP contribution in [0.25, 0.3) is 0 Å². The van der Waals surface area contributed by atoms with Gasteiger partial charge >= 0.3 is 12.1 Å². The SMILES string of the molecule is O=C(NC1CCN(Cc2ccccc2O)C1)c1ccc(Cl)c(Cl)c1.O=C(O)C(F)(F)F. The molecule has 2 aromatic carbocycles. The number of aromatic hydroxyl groups is 1. The van der Waals surface area contributed by atoms with E-state index in [1.54, 1.807) is 24.3 Å². The molecule has 168 valence electrons. The van der Waals surface area contributed by atoms with Crippen molar-refractivity contribution < 1.29 is 33.0 Å². The largest absolute Gasteiger partial charge is 0.508 e. The van der Waals surface area contributed by atoms with Crippen molar-refractivity contribution in [2.24, 2.45) is 0 Å². The summed E-state index contributed by atoms with van der Waals surface area (Å²) >= 11 is 11.8. The summed E-state index contributed by atoms with van der Waals surface area (Å²) in [5, 5.41) is 20.8. The summed E-state index contributed by atoms with van der Waals surface area (Å²) in [6.45, 7) is 2.30. The standard InChI is InChI=1S/C18H18Cl2N2O2.C2HF3O2/c19-15-6-5-12(9-16(15)20)18(24)21-14-7-8-22(11-14)10-13-3-1-2-4-17(13)23;3-2(4,5)1(6)7/h1-6,9,14,23H,7-8,10-11H2,(H,21,24);(H,6,7). The maximum Gasteiger partial charge on any atom is 0.490 e. The lowest BCUT2D eigenvalue weighted by Crippen LogP contribution is -2.37. The van der Waals surface area contributed by atoms with E-state index in [9.17, 15) is 23.1 Å². The lowest BCUT2D eigenvalue weighted by molar-refractivity contribution is -0.192. The summed E-state index contributed by atoms with van der Waals surface area (Å²) in [6.07, 6.45) is -4.21. The van der Waals surface area contributed by atoms with Crippen molar-refractivity contribution in [2.75, 3.05) is 13.1 Å². The van der Waals surface area contributed by atoms with E-state index < -0.39 is 12.1 Å². The van der Waals surface area contributed by atoms with Gasteiger partial charge in [-0.3, -0.25) is 9.69 Å².